The highest BCUT2D eigenvalue weighted by Gasteiger charge is 2.22. The quantitative estimate of drug-likeness (QED) is 0.807. The van der Waals surface area contributed by atoms with Gasteiger partial charge in [-0.15, -0.1) is 0 Å². The van der Waals surface area contributed by atoms with Crippen molar-refractivity contribution in [2.24, 2.45) is 5.92 Å². The lowest BCUT2D eigenvalue weighted by molar-refractivity contribution is -0.0424. The van der Waals surface area contributed by atoms with E-state index in [0.29, 0.717) is 29.2 Å². The summed E-state index contributed by atoms with van der Waals surface area (Å²) in [6.45, 7) is 2.88. The maximum atomic E-state index is 13.4. The number of halogens is 2. The third-order valence-corrected chi connectivity index (χ3v) is 4.64. The molecular weight excluding hydrogens is 337 g/mol. The average molecular weight is 360 g/mol. The molecule has 2 N–H and O–H groups in total. The second kappa shape index (κ2) is 8.11. The minimum absolute atomic E-state index is 0.263. The van der Waals surface area contributed by atoms with Crippen molar-refractivity contribution in [3.05, 3.63) is 28.5 Å². The third kappa shape index (κ3) is 5.24. The summed E-state index contributed by atoms with van der Waals surface area (Å²) >= 11 is 3.11. The molecule has 0 saturated heterocycles. The first-order chi connectivity index (χ1) is 10.1. The van der Waals surface area contributed by atoms with E-state index in [9.17, 15) is 9.50 Å². The number of rotatable bonds is 6. The van der Waals surface area contributed by atoms with E-state index < -0.39 is 6.10 Å². The van der Waals surface area contributed by atoms with Gasteiger partial charge in [-0.2, -0.15) is 0 Å². The first kappa shape index (κ1) is 16.7. The van der Waals surface area contributed by atoms with Gasteiger partial charge in [0.15, 0.2) is 0 Å². The summed E-state index contributed by atoms with van der Waals surface area (Å²) in [6.07, 6.45) is 4.45. The van der Waals surface area contributed by atoms with Gasteiger partial charge in [0.2, 0.25) is 0 Å². The predicted octanol–water partition coefficient (Wildman–Crippen LogP) is 3.96. The van der Waals surface area contributed by atoms with Crippen LogP contribution in [0.15, 0.2) is 22.7 Å². The Morgan fingerprint density at radius 1 is 1.43 bits per heavy atom. The highest BCUT2D eigenvalue weighted by Crippen LogP contribution is 2.26. The number of hydrogen-bond donors (Lipinski definition) is 2. The molecular formula is C16H23BrFNO2. The highest BCUT2D eigenvalue weighted by molar-refractivity contribution is 9.10. The van der Waals surface area contributed by atoms with Gasteiger partial charge in [0, 0.05) is 12.2 Å². The first-order valence-corrected chi connectivity index (χ1v) is 8.34. The highest BCUT2D eigenvalue weighted by atomic mass is 79.9. The molecule has 1 saturated carbocycles. The van der Waals surface area contributed by atoms with Crippen molar-refractivity contribution in [2.45, 2.75) is 44.8 Å². The van der Waals surface area contributed by atoms with E-state index in [-0.39, 0.29) is 11.9 Å². The zero-order chi connectivity index (χ0) is 15.2. The van der Waals surface area contributed by atoms with Gasteiger partial charge in [-0.05, 0) is 52.9 Å². The SMILES string of the molecule is CC1CCCCC1OCC(O)CNc1ccc(Br)c(F)c1. The van der Waals surface area contributed by atoms with Crippen molar-refractivity contribution >= 4 is 21.6 Å². The van der Waals surface area contributed by atoms with E-state index in [1.807, 2.05) is 0 Å². The largest absolute Gasteiger partial charge is 0.389 e. The minimum Gasteiger partial charge on any atom is -0.389 e. The van der Waals surface area contributed by atoms with Crippen LogP contribution in [0, 0.1) is 11.7 Å². The van der Waals surface area contributed by atoms with Crippen LogP contribution in [-0.2, 0) is 4.74 Å². The van der Waals surface area contributed by atoms with Crippen LogP contribution in [0.1, 0.15) is 32.6 Å². The van der Waals surface area contributed by atoms with Crippen LogP contribution in [-0.4, -0.2) is 30.5 Å². The van der Waals surface area contributed by atoms with Gasteiger partial charge < -0.3 is 15.2 Å². The standard InChI is InChI=1S/C16H23BrFNO2/c1-11-4-2-3-5-16(11)21-10-13(20)9-19-12-6-7-14(17)15(18)8-12/h6-8,11,13,16,19-20H,2-5,9-10H2,1H3. The lowest BCUT2D eigenvalue weighted by Crippen LogP contribution is -2.32. The van der Waals surface area contributed by atoms with Crippen LogP contribution in [0.5, 0.6) is 0 Å². The van der Waals surface area contributed by atoms with Gasteiger partial charge in [-0.1, -0.05) is 19.8 Å². The Balaban J connectivity index is 1.71. The topological polar surface area (TPSA) is 41.5 Å². The molecule has 0 amide bonds. The van der Waals surface area contributed by atoms with E-state index in [1.54, 1.807) is 12.1 Å². The summed E-state index contributed by atoms with van der Waals surface area (Å²) in [5.74, 6) is 0.251. The molecule has 3 unspecified atom stereocenters. The number of aliphatic hydroxyl groups excluding tert-OH is 1. The number of ether oxygens (including phenoxy) is 1. The molecule has 0 spiro atoms. The smallest absolute Gasteiger partial charge is 0.139 e. The summed E-state index contributed by atoms with van der Waals surface area (Å²) in [5.41, 5.74) is 0.654. The molecule has 1 aromatic carbocycles. The zero-order valence-electron chi connectivity index (χ0n) is 12.3. The molecule has 3 atom stereocenters. The van der Waals surface area contributed by atoms with Crippen molar-refractivity contribution < 1.29 is 14.2 Å². The second-order valence-electron chi connectivity index (χ2n) is 5.80. The second-order valence-corrected chi connectivity index (χ2v) is 6.65. The Morgan fingerprint density at radius 3 is 2.90 bits per heavy atom. The Labute approximate surface area is 134 Å². The van der Waals surface area contributed by atoms with Gasteiger partial charge in [0.1, 0.15) is 5.82 Å². The van der Waals surface area contributed by atoms with Gasteiger partial charge in [-0.3, -0.25) is 0 Å². The Bertz CT molecular complexity index is 458. The number of aliphatic hydroxyl groups is 1. The molecule has 1 aliphatic carbocycles. The molecule has 118 valence electrons. The molecule has 21 heavy (non-hydrogen) atoms. The van der Waals surface area contributed by atoms with Crippen LogP contribution in [0.2, 0.25) is 0 Å². The third-order valence-electron chi connectivity index (χ3n) is 4.00. The van der Waals surface area contributed by atoms with Crippen molar-refractivity contribution in [1.29, 1.82) is 0 Å². The molecule has 5 heteroatoms. The fraction of sp³-hybridized carbons (Fsp3) is 0.625. The minimum atomic E-state index is -0.592. The van der Waals surface area contributed by atoms with E-state index >= 15 is 0 Å². The Morgan fingerprint density at radius 2 is 2.19 bits per heavy atom. The van der Waals surface area contributed by atoms with Gasteiger partial charge in [0.25, 0.3) is 0 Å². The van der Waals surface area contributed by atoms with Crippen molar-refractivity contribution in [2.75, 3.05) is 18.5 Å². The molecule has 3 nitrogen and oxygen atoms in total. The predicted molar refractivity (Wildman–Crippen MR) is 86.0 cm³/mol. The van der Waals surface area contributed by atoms with Crippen LogP contribution >= 0.6 is 15.9 Å². The molecule has 0 heterocycles. The van der Waals surface area contributed by atoms with Crippen molar-refractivity contribution in [1.82, 2.24) is 0 Å². The Hall–Kier alpha value is -0.650. The number of hydrogen-bond acceptors (Lipinski definition) is 3. The molecule has 1 aliphatic rings. The Kier molecular flexibility index (Phi) is 6.45. The molecule has 1 aromatic rings. The normalized spacial score (nSPS) is 23.8. The average Bonchev–Trinajstić information content (AvgIpc) is 2.47. The van der Waals surface area contributed by atoms with E-state index in [4.69, 9.17) is 4.74 Å². The lowest BCUT2D eigenvalue weighted by atomic mass is 9.88. The molecule has 0 radical (unpaired) electrons. The molecule has 2 rings (SSSR count). The van der Waals surface area contributed by atoms with E-state index in [2.05, 4.69) is 28.2 Å². The maximum absolute atomic E-state index is 13.4. The monoisotopic (exact) mass is 359 g/mol. The van der Waals surface area contributed by atoms with E-state index in [1.165, 1.54) is 25.3 Å². The van der Waals surface area contributed by atoms with Crippen LogP contribution in [0.4, 0.5) is 10.1 Å². The summed E-state index contributed by atoms with van der Waals surface area (Å²) in [5, 5.41) is 13.0. The summed E-state index contributed by atoms with van der Waals surface area (Å²) in [4.78, 5) is 0. The number of benzene rings is 1. The maximum Gasteiger partial charge on any atom is 0.139 e. The summed E-state index contributed by atoms with van der Waals surface area (Å²) in [7, 11) is 0. The number of anilines is 1. The van der Waals surface area contributed by atoms with Crippen molar-refractivity contribution in [3.8, 4) is 0 Å². The molecule has 0 aliphatic heterocycles. The molecule has 0 bridgehead atoms. The molecule has 1 fully saturated rings. The van der Waals surface area contributed by atoms with Crippen molar-refractivity contribution in [3.63, 3.8) is 0 Å². The number of nitrogens with one attached hydrogen (secondary N) is 1. The first-order valence-electron chi connectivity index (χ1n) is 7.55. The fourth-order valence-corrected chi connectivity index (χ4v) is 2.91. The molecule has 0 aromatic heterocycles. The lowest BCUT2D eigenvalue weighted by Gasteiger charge is -2.29. The fourth-order valence-electron chi connectivity index (χ4n) is 2.67. The van der Waals surface area contributed by atoms with Crippen LogP contribution in [0.25, 0.3) is 0 Å². The van der Waals surface area contributed by atoms with Gasteiger partial charge >= 0.3 is 0 Å². The van der Waals surface area contributed by atoms with Crippen LogP contribution in [0.3, 0.4) is 0 Å². The van der Waals surface area contributed by atoms with Gasteiger partial charge in [-0.25, -0.2) is 4.39 Å². The van der Waals surface area contributed by atoms with E-state index in [0.717, 1.165) is 6.42 Å². The zero-order valence-corrected chi connectivity index (χ0v) is 13.9. The summed E-state index contributed by atoms with van der Waals surface area (Å²) in [6, 6.07) is 4.81. The van der Waals surface area contributed by atoms with Gasteiger partial charge in [0.05, 0.1) is 23.3 Å². The van der Waals surface area contributed by atoms with Crippen LogP contribution < -0.4 is 5.32 Å². The summed E-state index contributed by atoms with van der Waals surface area (Å²) < 4.78 is 19.6.